The molecular formula is C39H66N6. The third-order valence-electron chi connectivity index (χ3n) is 10.2. The van der Waals surface area contributed by atoms with Crippen molar-refractivity contribution in [2.24, 2.45) is 41.4 Å². The van der Waals surface area contributed by atoms with Crippen LogP contribution < -0.4 is 0 Å². The third kappa shape index (κ3) is 8.92. The van der Waals surface area contributed by atoms with Gasteiger partial charge >= 0.3 is 0 Å². The third-order valence-corrected chi connectivity index (χ3v) is 10.2. The van der Waals surface area contributed by atoms with Crippen LogP contribution in [-0.2, 0) is 45.3 Å². The number of nitrogens with zero attached hydrogens (tertiary/aromatic N) is 6. The lowest BCUT2D eigenvalue weighted by Crippen LogP contribution is -2.11. The van der Waals surface area contributed by atoms with E-state index < -0.39 is 0 Å². The summed E-state index contributed by atoms with van der Waals surface area (Å²) in [4.78, 5) is 0. The van der Waals surface area contributed by atoms with E-state index in [-0.39, 0.29) is 0 Å². The summed E-state index contributed by atoms with van der Waals surface area (Å²) in [5.41, 5.74) is 8.89. The van der Waals surface area contributed by atoms with Gasteiger partial charge in [0.25, 0.3) is 0 Å². The molecule has 0 saturated carbocycles. The number of hydrogen-bond acceptors (Lipinski definition) is 3. The number of aromatic nitrogens is 6. The molecule has 0 saturated heterocycles. The zero-order valence-electron chi connectivity index (χ0n) is 31.0. The minimum atomic E-state index is 0.686. The van der Waals surface area contributed by atoms with Gasteiger partial charge in [-0.1, -0.05) is 83.1 Å². The van der Waals surface area contributed by atoms with Crippen molar-refractivity contribution in [1.82, 2.24) is 29.3 Å². The van der Waals surface area contributed by atoms with Crippen LogP contribution in [0.1, 0.15) is 142 Å². The maximum Gasteiger partial charge on any atom is 0.0659 e. The molecule has 0 radical (unpaired) electrons. The topological polar surface area (TPSA) is 53.5 Å². The SMILES string of the molecule is CC(C)Cn1cc2c(n1)C[C@@H](C(C)C)C2.CC(C)Cn1ncc2c1CC[C@@H]2C(C)C.CC(C)Cn1ncc2c1CC[C@H]2C(C)C. The van der Waals surface area contributed by atoms with Crippen LogP contribution in [0.15, 0.2) is 18.6 Å². The minimum absolute atomic E-state index is 0.686. The van der Waals surface area contributed by atoms with Crippen molar-refractivity contribution in [2.45, 2.75) is 153 Å². The second-order valence-corrected chi connectivity index (χ2v) is 16.7. The Balaban J connectivity index is 0.000000154. The van der Waals surface area contributed by atoms with Crippen molar-refractivity contribution in [3.8, 4) is 0 Å². The molecule has 3 aromatic rings. The Morgan fingerprint density at radius 1 is 0.622 bits per heavy atom. The zero-order chi connectivity index (χ0) is 33.0. The van der Waals surface area contributed by atoms with Crippen molar-refractivity contribution in [3.63, 3.8) is 0 Å². The highest BCUT2D eigenvalue weighted by Crippen LogP contribution is 2.39. The molecule has 0 fully saturated rings. The van der Waals surface area contributed by atoms with Gasteiger partial charge in [0.1, 0.15) is 0 Å². The quantitative estimate of drug-likeness (QED) is 0.240. The minimum Gasteiger partial charge on any atom is -0.272 e. The summed E-state index contributed by atoms with van der Waals surface area (Å²) in [6.45, 7) is 30.6. The molecule has 3 aliphatic carbocycles. The summed E-state index contributed by atoms with van der Waals surface area (Å²) in [5, 5.41) is 13.7. The highest BCUT2D eigenvalue weighted by Gasteiger charge is 2.30. The Morgan fingerprint density at radius 3 is 1.47 bits per heavy atom. The van der Waals surface area contributed by atoms with Crippen LogP contribution in [0.3, 0.4) is 0 Å². The van der Waals surface area contributed by atoms with Gasteiger partial charge in [0.2, 0.25) is 0 Å². The molecule has 3 aliphatic rings. The first-order chi connectivity index (χ1) is 21.2. The lowest BCUT2D eigenvalue weighted by atomic mass is 9.92. The summed E-state index contributed by atoms with van der Waals surface area (Å²) in [7, 11) is 0. The maximum absolute atomic E-state index is 4.68. The van der Waals surface area contributed by atoms with E-state index in [2.05, 4.69) is 131 Å². The van der Waals surface area contributed by atoms with Gasteiger partial charge in [-0.25, -0.2) is 0 Å². The molecule has 45 heavy (non-hydrogen) atoms. The van der Waals surface area contributed by atoms with E-state index in [4.69, 9.17) is 0 Å². The molecule has 252 valence electrons. The molecule has 0 unspecified atom stereocenters. The Labute approximate surface area is 275 Å². The average molecular weight is 619 g/mol. The Bertz CT molecular complexity index is 1240. The predicted molar refractivity (Wildman–Crippen MR) is 189 cm³/mol. The van der Waals surface area contributed by atoms with Crippen LogP contribution in [0.4, 0.5) is 0 Å². The normalized spacial score (nSPS) is 20.3. The fourth-order valence-corrected chi connectivity index (χ4v) is 7.69. The fraction of sp³-hybridized carbons (Fsp3) is 0.769. The fourth-order valence-electron chi connectivity index (χ4n) is 7.69. The molecule has 0 N–H and O–H groups in total. The van der Waals surface area contributed by atoms with Crippen LogP contribution >= 0.6 is 0 Å². The highest BCUT2D eigenvalue weighted by atomic mass is 15.3. The molecular weight excluding hydrogens is 552 g/mol. The molecule has 0 amide bonds. The van der Waals surface area contributed by atoms with E-state index in [9.17, 15) is 0 Å². The Kier molecular flexibility index (Phi) is 12.2. The maximum atomic E-state index is 4.68. The zero-order valence-corrected chi connectivity index (χ0v) is 31.0. The van der Waals surface area contributed by atoms with Gasteiger partial charge in [-0.15, -0.1) is 0 Å². The molecule has 6 rings (SSSR count). The van der Waals surface area contributed by atoms with Crippen LogP contribution in [0.25, 0.3) is 0 Å². The molecule has 0 bridgehead atoms. The van der Waals surface area contributed by atoms with Gasteiger partial charge in [0.15, 0.2) is 0 Å². The Morgan fingerprint density at radius 2 is 1.09 bits per heavy atom. The number of hydrogen-bond donors (Lipinski definition) is 0. The van der Waals surface area contributed by atoms with E-state index in [0.29, 0.717) is 17.8 Å². The Hall–Kier alpha value is -2.37. The first kappa shape index (κ1) is 35.5. The molecule has 6 nitrogen and oxygen atoms in total. The second-order valence-electron chi connectivity index (χ2n) is 16.7. The molecule has 3 heterocycles. The van der Waals surface area contributed by atoms with Gasteiger partial charge in [0, 0.05) is 37.2 Å². The van der Waals surface area contributed by atoms with E-state index >= 15 is 0 Å². The molecule has 6 heteroatoms. The first-order valence-corrected chi connectivity index (χ1v) is 18.4. The summed E-state index contributed by atoms with van der Waals surface area (Å²) >= 11 is 0. The van der Waals surface area contributed by atoms with E-state index in [1.807, 2.05) is 0 Å². The van der Waals surface area contributed by atoms with Crippen molar-refractivity contribution in [1.29, 1.82) is 0 Å². The van der Waals surface area contributed by atoms with Gasteiger partial charge in [0.05, 0.1) is 18.1 Å². The molecule has 0 aliphatic heterocycles. The predicted octanol–water partition coefficient (Wildman–Crippen LogP) is 9.36. The van der Waals surface area contributed by atoms with Gasteiger partial charge < -0.3 is 0 Å². The first-order valence-electron chi connectivity index (χ1n) is 18.4. The van der Waals surface area contributed by atoms with E-state index in [0.717, 1.165) is 55.1 Å². The highest BCUT2D eigenvalue weighted by molar-refractivity contribution is 5.29. The van der Waals surface area contributed by atoms with Crippen molar-refractivity contribution in [3.05, 3.63) is 52.4 Å². The lowest BCUT2D eigenvalue weighted by Gasteiger charge is -2.13. The molecule has 3 aromatic heterocycles. The second kappa shape index (κ2) is 15.5. The number of rotatable bonds is 9. The van der Waals surface area contributed by atoms with Crippen molar-refractivity contribution >= 4 is 0 Å². The lowest BCUT2D eigenvalue weighted by molar-refractivity contribution is 0.393. The van der Waals surface area contributed by atoms with Crippen molar-refractivity contribution < 1.29 is 0 Å². The van der Waals surface area contributed by atoms with Crippen LogP contribution in [0.5, 0.6) is 0 Å². The van der Waals surface area contributed by atoms with E-state index in [1.165, 1.54) is 72.3 Å². The van der Waals surface area contributed by atoms with Crippen LogP contribution in [-0.4, -0.2) is 29.3 Å². The van der Waals surface area contributed by atoms with Gasteiger partial charge in [-0.3, -0.25) is 14.0 Å². The smallest absolute Gasteiger partial charge is 0.0659 e. The summed E-state index contributed by atoms with van der Waals surface area (Å²) in [5.74, 6) is 6.69. The van der Waals surface area contributed by atoms with E-state index in [1.54, 1.807) is 0 Å². The average Bonchev–Trinajstić information content (AvgIpc) is 3.74. The summed E-state index contributed by atoms with van der Waals surface area (Å²) < 4.78 is 6.58. The number of fused-ring (bicyclic) bond motifs is 3. The molecule has 3 atom stereocenters. The van der Waals surface area contributed by atoms with Crippen molar-refractivity contribution in [2.75, 3.05) is 0 Å². The van der Waals surface area contributed by atoms with Gasteiger partial charge in [-0.05, 0) is 108 Å². The summed E-state index contributed by atoms with van der Waals surface area (Å²) in [6.07, 6.45) is 14.0. The van der Waals surface area contributed by atoms with Crippen LogP contribution in [0.2, 0.25) is 0 Å². The monoisotopic (exact) mass is 619 g/mol. The largest absolute Gasteiger partial charge is 0.272 e. The van der Waals surface area contributed by atoms with Gasteiger partial charge in [-0.2, -0.15) is 15.3 Å². The van der Waals surface area contributed by atoms with Crippen LogP contribution in [0, 0.1) is 41.4 Å². The molecule has 0 spiro atoms. The molecule has 0 aromatic carbocycles. The standard InChI is InChI=1S/3C13H22N2/c1-9(2)7-15-8-12-5-11(10(3)4)6-13(12)14-15;2*1-9(2)8-15-13-6-5-11(10(3)4)12(13)7-14-15/h8-11H,5-7H2,1-4H3;2*7,9-11H,5-6,8H2,1-4H3/t3*11-/m010/s1. The summed E-state index contributed by atoms with van der Waals surface area (Å²) in [6, 6.07) is 0.